The molecule has 2 rings (SSSR count). The summed E-state index contributed by atoms with van der Waals surface area (Å²) in [6, 6.07) is 1.01. The molecular formula is C11H14BrNO5S2. The lowest BCUT2D eigenvalue weighted by atomic mass is 9.90. The number of nitrogens with one attached hydrogen (secondary N) is 1. The van der Waals surface area contributed by atoms with Crippen molar-refractivity contribution in [3.05, 3.63) is 14.7 Å². The quantitative estimate of drug-likeness (QED) is 0.783. The van der Waals surface area contributed by atoms with Gasteiger partial charge in [-0.15, -0.1) is 11.3 Å². The van der Waals surface area contributed by atoms with Gasteiger partial charge in [-0.2, -0.15) is 0 Å². The van der Waals surface area contributed by atoms with Gasteiger partial charge in [0.2, 0.25) is 10.0 Å². The lowest BCUT2D eigenvalue weighted by Crippen LogP contribution is -2.47. The molecule has 0 unspecified atom stereocenters. The summed E-state index contributed by atoms with van der Waals surface area (Å²) in [6.07, 6.45) is 1.38. The van der Waals surface area contributed by atoms with Crippen LogP contribution in [0.15, 0.2) is 14.7 Å². The second-order valence-corrected chi connectivity index (χ2v) is 8.47. The molecule has 0 amide bonds. The van der Waals surface area contributed by atoms with Gasteiger partial charge in [0, 0.05) is 12.6 Å². The van der Waals surface area contributed by atoms with Crippen molar-refractivity contribution in [2.45, 2.75) is 36.8 Å². The molecule has 0 radical (unpaired) electrons. The van der Waals surface area contributed by atoms with Crippen LogP contribution in [0.1, 0.15) is 29.4 Å². The van der Waals surface area contributed by atoms with Crippen LogP contribution in [-0.2, 0) is 14.8 Å². The zero-order chi connectivity index (χ0) is 14.9. The number of aromatic carboxylic acids is 1. The van der Waals surface area contributed by atoms with Crippen LogP contribution in [0.4, 0.5) is 0 Å². The zero-order valence-corrected chi connectivity index (χ0v) is 13.8. The van der Waals surface area contributed by atoms with Crippen LogP contribution in [0.3, 0.4) is 0 Å². The van der Waals surface area contributed by atoms with Crippen molar-refractivity contribution in [2.75, 3.05) is 6.61 Å². The predicted molar refractivity (Wildman–Crippen MR) is 77.7 cm³/mol. The summed E-state index contributed by atoms with van der Waals surface area (Å²) in [6.45, 7) is 2.51. The summed E-state index contributed by atoms with van der Waals surface area (Å²) < 4.78 is 32.6. The van der Waals surface area contributed by atoms with Crippen molar-refractivity contribution >= 4 is 43.3 Å². The Kier molecular flexibility index (Phi) is 4.85. The molecule has 2 N–H and O–H groups in total. The van der Waals surface area contributed by atoms with Gasteiger partial charge in [0.1, 0.15) is 9.77 Å². The Bertz CT molecular complexity index is 606. The number of thiophene rings is 1. The van der Waals surface area contributed by atoms with E-state index in [1.54, 1.807) is 0 Å². The van der Waals surface area contributed by atoms with Crippen molar-refractivity contribution < 1.29 is 23.1 Å². The summed E-state index contributed by atoms with van der Waals surface area (Å²) in [7, 11) is -3.71. The first-order chi connectivity index (χ1) is 9.33. The third kappa shape index (κ3) is 3.40. The summed E-state index contributed by atoms with van der Waals surface area (Å²) in [5.41, 5.74) is 0. The van der Waals surface area contributed by atoms with E-state index in [1.807, 2.05) is 6.92 Å². The minimum atomic E-state index is -3.71. The van der Waals surface area contributed by atoms with E-state index < -0.39 is 16.0 Å². The monoisotopic (exact) mass is 383 g/mol. The lowest BCUT2D eigenvalue weighted by Gasteiger charge is -2.34. The molecule has 0 saturated heterocycles. The average molecular weight is 384 g/mol. The lowest BCUT2D eigenvalue weighted by molar-refractivity contribution is -0.00476. The second kappa shape index (κ2) is 6.10. The fourth-order valence-electron chi connectivity index (χ4n) is 1.96. The van der Waals surface area contributed by atoms with Crippen LogP contribution in [-0.4, -0.2) is 38.2 Å². The van der Waals surface area contributed by atoms with Crippen molar-refractivity contribution in [1.29, 1.82) is 0 Å². The van der Waals surface area contributed by atoms with Gasteiger partial charge >= 0.3 is 5.97 Å². The number of ether oxygens (including phenoxy) is 1. The van der Waals surface area contributed by atoms with Crippen LogP contribution >= 0.6 is 27.3 Å². The molecule has 0 aromatic carbocycles. The summed E-state index contributed by atoms with van der Waals surface area (Å²) in [5, 5.41) is 8.88. The fourth-order valence-corrected chi connectivity index (χ4v) is 5.62. The molecule has 0 bridgehead atoms. The first kappa shape index (κ1) is 15.9. The highest BCUT2D eigenvalue weighted by Crippen LogP contribution is 2.33. The number of carboxylic acid groups (broad SMARTS) is 1. The van der Waals surface area contributed by atoms with Crippen LogP contribution in [0.5, 0.6) is 0 Å². The molecule has 1 fully saturated rings. The average Bonchev–Trinajstić information content (AvgIpc) is 2.69. The first-order valence-corrected chi connectivity index (χ1v) is 9.09. The molecule has 1 aliphatic rings. The molecule has 0 atom stereocenters. The highest BCUT2D eigenvalue weighted by molar-refractivity contribution is 9.11. The van der Waals surface area contributed by atoms with E-state index in [-0.39, 0.29) is 21.9 Å². The molecular weight excluding hydrogens is 370 g/mol. The van der Waals surface area contributed by atoms with E-state index in [2.05, 4.69) is 20.7 Å². The SMILES string of the molecule is CCOC1CC(NS(=O)(=O)c2cc(C(=O)O)sc2Br)C1. The van der Waals surface area contributed by atoms with Gasteiger partial charge in [-0.25, -0.2) is 17.9 Å². The summed E-state index contributed by atoms with van der Waals surface area (Å²) in [5.74, 6) is -1.14. The van der Waals surface area contributed by atoms with E-state index in [0.717, 1.165) is 17.4 Å². The second-order valence-electron chi connectivity index (χ2n) is 4.42. The Morgan fingerprint density at radius 2 is 2.25 bits per heavy atom. The van der Waals surface area contributed by atoms with Crippen molar-refractivity contribution in [2.24, 2.45) is 0 Å². The maximum atomic E-state index is 12.2. The molecule has 1 saturated carbocycles. The summed E-state index contributed by atoms with van der Waals surface area (Å²) >= 11 is 3.98. The third-order valence-electron chi connectivity index (χ3n) is 2.97. The Morgan fingerprint density at radius 3 is 2.75 bits per heavy atom. The molecule has 0 aliphatic heterocycles. The van der Waals surface area contributed by atoms with Crippen molar-refractivity contribution in [3.63, 3.8) is 0 Å². The Morgan fingerprint density at radius 1 is 1.60 bits per heavy atom. The third-order valence-corrected chi connectivity index (χ3v) is 6.74. The van der Waals surface area contributed by atoms with Crippen LogP contribution < -0.4 is 4.72 Å². The molecule has 112 valence electrons. The smallest absolute Gasteiger partial charge is 0.345 e. The largest absolute Gasteiger partial charge is 0.477 e. The van der Waals surface area contributed by atoms with Gasteiger partial charge in [-0.05, 0) is 41.8 Å². The molecule has 20 heavy (non-hydrogen) atoms. The number of sulfonamides is 1. The van der Waals surface area contributed by atoms with Gasteiger partial charge < -0.3 is 9.84 Å². The van der Waals surface area contributed by atoms with E-state index in [0.29, 0.717) is 23.2 Å². The van der Waals surface area contributed by atoms with Crippen molar-refractivity contribution in [3.8, 4) is 0 Å². The molecule has 1 heterocycles. The number of carbonyl (C=O) groups is 1. The topological polar surface area (TPSA) is 92.7 Å². The standard InChI is InChI=1S/C11H14BrNO5S2/c1-2-18-7-3-6(4-7)13-20(16,17)9-5-8(11(14)15)19-10(9)12/h5-7,13H,2-4H2,1H3,(H,14,15). The van der Waals surface area contributed by atoms with Gasteiger partial charge in [0.05, 0.1) is 9.89 Å². The minimum Gasteiger partial charge on any atom is -0.477 e. The maximum Gasteiger partial charge on any atom is 0.345 e. The van der Waals surface area contributed by atoms with E-state index >= 15 is 0 Å². The van der Waals surface area contributed by atoms with E-state index in [4.69, 9.17) is 9.84 Å². The molecule has 1 aromatic heterocycles. The molecule has 1 aliphatic carbocycles. The van der Waals surface area contributed by atoms with E-state index in [1.165, 1.54) is 0 Å². The Labute approximate surface area is 129 Å². The number of halogens is 1. The fraction of sp³-hybridized carbons (Fsp3) is 0.545. The number of hydrogen-bond acceptors (Lipinski definition) is 5. The van der Waals surface area contributed by atoms with Gasteiger partial charge in [-0.3, -0.25) is 0 Å². The molecule has 9 heteroatoms. The highest BCUT2D eigenvalue weighted by Gasteiger charge is 2.34. The van der Waals surface area contributed by atoms with E-state index in [9.17, 15) is 13.2 Å². The first-order valence-electron chi connectivity index (χ1n) is 6.00. The highest BCUT2D eigenvalue weighted by atomic mass is 79.9. The van der Waals surface area contributed by atoms with Gasteiger partial charge in [0.15, 0.2) is 0 Å². The number of hydrogen-bond donors (Lipinski definition) is 2. The van der Waals surface area contributed by atoms with Crippen LogP contribution in [0.25, 0.3) is 0 Å². The summed E-state index contributed by atoms with van der Waals surface area (Å²) in [4.78, 5) is 10.8. The minimum absolute atomic E-state index is 0.0157. The molecule has 1 aromatic rings. The maximum absolute atomic E-state index is 12.2. The zero-order valence-electron chi connectivity index (χ0n) is 10.6. The van der Waals surface area contributed by atoms with Crippen molar-refractivity contribution in [1.82, 2.24) is 4.72 Å². The van der Waals surface area contributed by atoms with Gasteiger partial charge in [-0.1, -0.05) is 0 Å². The molecule has 0 spiro atoms. The van der Waals surface area contributed by atoms with Crippen LogP contribution in [0, 0.1) is 0 Å². The number of carboxylic acids is 1. The Hall–Kier alpha value is -0.480. The Balaban J connectivity index is 2.06. The van der Waals surface area contributed by atoms with Crippen LogP contribution in [0.2, 0.25) is 0 Å². The number of rotatable bonds is 6. The normalized spacial score (nSPS) is 22.5. The molecule has 6 nitrogen and oxygen atoms in total. The predicted octanol–water partition coefficient (Wildman–Crippen LogP) is 2.05. The van der Waals surface area contributed by atoms with Gasteiger partial charge in [0.25, 0.3) is 0 Å².